The summed E-state index contributed by atoms with van der Waals surface area (Å²) in [6.07, 6.45) is 6.90. The van der Waals surface area contributed by atoms with Gasteiger partial charge < -0.3 is 29.2 Å². The van der Waals surface area contributed by atoms with Crippen LogP contribution >= 0.6 is 0 Å². The van der Waals surface area contributed by atoms with Crippen molar-refractivity contribution in [1.29, 1.82) is 0 Å². The van der Waals surface area contributed by atoms with Crippen molar-refractivity contribution >= 4 is 23.8 Å². The lowest BCUT2D eigenvalue weighted by Crippen LogP contribution is -2.44. The Hall–Kier alpha value is -5.40. The van der Waals surface area contributed by atoms with E-state index in [-0.39, 0.29) is 24.2 Å². The van der Waals surface area contributed by atoms with Crippen molar-refractivity contribution in [3.8, 4) is 0 Å². The summed E-state index contributed by atoms with van der Waals surface area (Å²) in [7, 11) is 2.44. The van der Waals surface area contributed by atoms with E-state index in [1.807, 2.05) is 27.3 Å². The van der Waals surface area contributed by atoms with E-state index in [1.54, 1.807) is 25.0 Å². The number of hydrogen-bond donors (Lipinski definition) is 2. The van der Waals surface area contributed by atoms with Crippen LogP contribution in [-0.4, -0.2) is 79.1 Å². The zero-order valence-electron chi connectivity index (χ0n) is 22.9. The Labute approximate surface area is 240 Å². The van der Waals surface area contributed by atoms with E-state index >= 15 is 0 Å². The van der Waals surface area contributed by atoms with Crippen LogP contribution in [0, 0.1) is 0 Å². The molecule has 0 radical (unpaired) electrons. The number of hydrogen-bond acceptors (Lipinski definition) is 10. The highest BCUT2D eigenvalue weighted by atomic mass is 16.5. The fraction of sp³-hybridized carbons (Fsp3) is 0.286. The number of pyridine rings is 2. The van der Waals surface area contributed by atoms with Crippen molar-refractivity contribution in [2.24, 2.45) is 0 Å². The van der Waals surface area contributed by atoms with E-state index in [4.69, 9.17) is 14.5 Å². The van der Waals surface area contributed by atoms with Crippen molar-refractivity contribution in [2.75, 3.05) is 14.2 Å². The van der Waals surface area contributed by atoms with Crippen molar-refractivity contribution in [2.45, 2.75) is 38.0 Å². The summed E-state index contributed by atoms with van der Waals surface area (Å²) in [5.74, 6) is -2.73. The molecule has 0 saturated carbocycles. The van der Waals surface area contributed by atoms with E-state index in [9.17, 15) is 19.2 Å². The second kappa shape index (κ2) is 12.4. The quantitative estimate of drug-likeness (QED) is 0.318. The van der Waals surface area contributed by atoms with E-state index in [0.29, 0.717) is 24.5 Å². The van der Waals surface area contributed by atoms with E-state index in [0.717, 1.165) is 11.4 Å². The average molecular weight is 573 g/mol. The third-order valence-electron chi connectivity index (χ3n) is 6.55. The second-order valence-electron chi connectivity index (χ2n) is 9.61. The molecule has 2 N–H and O–H groups in total. The molecule has 5 heterocycles. The summed E-state index contributed by atoms with van der Waals surface area (Å²) in [6.45, 7) is 0.866. The molecule has 14 nitrogen and oxygen atoms in total. The maximum atomic E-state index is 13.1. The Morgan fingerprint density at radius 3 is 1.62 bits per heavy atom. The molecular weight excluding hydrogens is 544 g/mol. The number of fused-ring (bicyclic) bond motifs is 8. The molecule has 0 spiro atoms. The highest BCUT2D eigenvalue weighted by Gasteiger charge is 2.27. The predicted molar refractivity (Wildman–Crippen MR) is 145 cm³/mol. The topological polar surface area (TPSA) is 172 Å². The zero-order valence-corrected chi connectivity index (χ0v) is 22.9. The molecule has 8 bridgehead atoms. The third-order valence-corrected chi connectivity index (χ3v) is 6.55. The molecule has 4 aromatic rings. The van der Waals surface area contributed by atoms with Crippen LogP contribution in [0.1, 0.15) is 43.8 Å². The molecule has 1 aliphatic heterocycles. The van der Waals surface area contributed by atoms with Gasteiger partial charge in [0.15, 0.2) is 0 Å². The summed E-state index contributed by atoms with van der Waals surface area (Å²) in [5, 5.41) is 5.23. The number of amides is 2. The van der Waals surface area contributed by atoms with Gasteiger partial charge in [-0.25, -0.2) is 24.5 Å². The van der Waals surface area contributed by atoms with Gasteiger partial charge in [0, 0.05) is 25.2 Å². The summed E-state index contributed by atoms with van der Waals surface area (Å²) in [6, 6.07) is 7.84. The number of aromatic nitrogens is 6. The van der Waals surface area contributed by atoms with Crippen molar-refractivity contribution in [3.05, 3.63) is 95.6 Å². The number of nitrogens with one attached hydrogen (secondary N) is 2. The monoisotopic (exact) mass is 572 g/mol. The Balaban J connectivity index is 1.49. The van der Waals surface area contributed by atoms with Gasteiger partial charge in [-0.15, -0.1) is 0 Å². The lowest BCUT2D eigenvalue weighted by molar-refractivity contribution is -0.143. The Bertz CT molecular complexity index is 1520. The van der Waals surface area contributed by atoms with Gasteiger partial charge in [0.1, 0.15) is 23.5 Å². The van der Waals surface area contributed by atoms with Crippen LogP contribution in [0.4, 0.5) is 0 Å². The van der Waals surface area contributed by atoms with Gasteiger partial charge in [0.05, 0.1) is 62.7 Å². The minimum atomic E-state index is -1.06. The molecular formula is C28H28N8O6. The molecule has 0 fully saturated rings. The summed E-state index contributed by atoms with van der Waals surface area (Å²) in [4.78, 5) is 68.9. The van der Waals surface area contributed by atoms with Crippen molar-refractivity contribution in [1.82, 2.24) is 39.7 Å². The fourth-order valence-electron chi connectivity index (χ4n) is 4.52. The summed E-state index contributed by atoms with van der Waals surface area (Å²) >= 11 is 0. The Morgan fingerprint density at radius 1 is 0.714 bits per heavy atom. The van der Waals surface area contributed by atoms with Crippen LogP contribution in [0.25, 0.3) is 0 Å². The van der Waals surface area contributed by atoms with Crippen LogP contribution in [0.15, 0.2) is 61.4 Å². The molecule has 1 aliphatic rings. The van der Waals surface area contributed by atoms with Gasteiger partial charge in [-0.2, -0.15) is 0 Å². The Kier molecular flexibility index (Phi) is 8.32. The van der Waals surface area contributed by atoms with Gasteiger partial charge >= 0.3 is 11.9 Å². The normalized spacial score (nSPS) is 17.6. The molecule has 4 aromatic heterocycles. The second-order valence-corrected chi connectivity index (χ2v) is 9.61. The van der Waals surface area contributed by atoms with Crippen molar-refractivity contribution < 1.29 is 28.7 Å². The Morgan fingerprint density at radius 2 is 1.17 bits per heavy atom. The molecule has 0 aromatic carbocycles. The number of carbonyl (C=O) groups is 4. The summed E-state index contributed by atoms with van der Waals surface area (Å²) in [5.41, 5.74) is 2.45. The number of ether oxygens (including phenoxy) is 2. The molecule has 5 rings (SSSR count). The molecule has 0 saturated heterocycles. The molecule has 42 heavy (non-hydrogen) atoms. The number of imidazole rings is 2. The molecule has 0 aliphatic carbocycles. The first-order valence-corrected chi connectivity index (χ1v) is 13.0. The van der Waals surface area contributed by atoms with Crippen molar-refractivity contribution in [3.63, 3.8) is 0 Å². The van der Waals surface area contributed by atoms with Crippen LogP contribution in [-0.2, 0) is 45.0 Å². The first-order valence-electron chi connectivity index (χ1n) is 13.0. The smallest absolute Gasteiger partial charge is 0.328 e. The van der Waals surface area contributed by atoms with Gasteiger partial charge in [0.25, 0.3) is 11.8 Å². The SMILES string of the molecule is COC(=O)C1Cc2cn(cn2)Cc2cccc(n2)Cn2cnc(c2)CC(C(=O)OC)NC(=O)c2cccc(n2)C(=O)N1. The van der Waals surface area contributed by atoms with E-state index < -0.39 is 35.8 Å². The molecule has 14 heteroatoms. The number of esters is 2. The standard InChI is InChI=1S/C28H28N8O6/c1-41-27(39)23-9-19-13-35(15-29-19)11-17-5-3-6-18(31-17)12-36-14-20(30-16-36)10-24(28(40)42-2)34-26(38)22-8-4-7-21(32-22)25(37)33-23/h3-8,13-16,23-24H,9-12H2,1-2H3,(H,33,37)(H,34,38). The maximum absolute atomic E-state index is 13.1. The number of nitrogens with zero attached hydrogens (tertiary/aromatic N) is 6. The number of carbonyl (C=O) groups excluding carboxylic acids is 4. The van der Waals surface area contributed by atoms with Gasteiger partial charge in [0.2, 0.25) is 0 Å². The molecule has 2 atom stereocenters. The molecule has 2 unspecified atom stereocenters. The number of methoxy groups -OCH3 is 2. The highest BCUT2D eigenvalue weighted by molar-refractivity contribution is 5.98. The largest absolute Gasteiger partial charge is 0.467 e. The van der Waals surface area contributed by atoms with E-state index in [1.165, 1.54) is 32.4 Å². The van der Waals surface area contributed by atoms with Crippen LogP contribution in [0.2, 0.25) is 0 Å². The first kappa shape index (κ1) is 28.1. The van der Waals surface area contributed by atoms with Crippen LogP contribution < -0.4 is 10.6 Å². The van der Waals surface area contributed by atoms with Gasteiger partial charge in [-0.05, 0) is 24.3 Å². The average Bonchev–Trinajstić information content (AvgIpc) is 3.64. The lowest BCUT2D eigenvalue weighted by atomic mass is 10.1. The molecule has 2 amide bonds. The van der Waals surface area contributed by atoms with Crippen LogP contribution in [0.5, 0.6) is 0 Å². The predicted octanol–water partition coefficient (Wildman–Crippen LogP) is 0.308. The number of rotatable bonds is 2. The lowest BCUT2D eigenvalue weighted by Gasteiger charge is -2.17. The minimum Gasteiger partial charge on any atom is -0.467 e. The van der Waals surface area contributed by atoms with Gasteiger partial charge in [-0.3, -0.25) is 14.6 Å². The highest BCUT2D eigenvalue weighted by Crippen LogP contribution is 2.11. The van der Waals surface area contributed by atoms with Crippen LogP contribution in [0.3, 0.4) is 0 Å². The fourth-order valence-corrected chi connectivity index (χ4v) is 4.52. The minimum absolute atomic E-state index is 0.0584. The zero-order chi connectivity index (χ0) is 29.6. The first-order chi connectivity index (χ1) is 20.3. The van der Waals surface area contributed by atoms with E-state index in [2.05, 4.69) is 25.6 Å². The third kappa shape index (κ3) is 6.66. The molecule has 216 valence electrons. The summed E-state index contributed by atoms with van der Waals surface area (Å²) < 4.78 is 13.4. The maximum Gasteiger partial charge on any atom is 0.328 e. The van der Waals surface area contributed by atoms with Gasteiger partial charge in [-0.1, -0.05) is 12.1 Å².